The van der Waals surface area contributed by atoms with Crippen molar-refractivity contribution in [3.8, 4) is 10.4 Å². The van der Waals surface area contributed by atoms with Gasteiger partial charge in [0.25, 0.3) is 5.56 Å². The molecule has 0 amide bonds. The van der Waals surface area contributed by atoms with Crippen LogP contribution >= 0.6 is 11.3 Å². The number of aromatic nitrogens is 4. The highest BCUT2D eigenvalue weighted by atomic mass is 32.1. The summed E-state index contributed by atoms with van der Waals surface area (Å²) < 4.78 is 0.746. The molecule has 1 aliphatic carbocycles. The van der Waals surface area contributed by atoms with Crippen molar-refractivity contribution in [3.63, 3.8) is 0 Å². The van der Waals surface area contributed by atoms with E-state index in [-0.39, 0.29) is 11.6 Å². The monoisotopic (exact) mass is 369 g/mol. The third-order valence-electron chi connectivity index (χ3n) is 5.90. The summed E-state index contributed by atoms with van der Waals surface area (Å²) in [6.45, 7) is 3.23. The van der Waals surface area contributed by atoms with E-state index in [1.165, 1.54) is 29.0 Å². The van der Waals surface area contributed by atoms with Crippen LogP contribution in [0, 0.1) is 5.92 Å². The average Bonchev–Trinajstić information content (AvgIpc) is 3.23. The summed E-state index contributed by atoms with van der Waals surface area (Å²) in [6, 6.07) is 0.150. The van der Waals surface area contributed by atoms with Gasteiger partial charge in [0.05, 0.1) is 17.8 Å². The highest BCUT2D eigenvalue weighted by Crippen LogP contribution is 2.41. The molecule has 2 atom stereocenters. The van der Waals surface area contributed by atoms with Crippen LogP contribution in [-0.2, 0) is 12.8 Å². The highest BCUT2D eigenvalue weighted by molar-refractivity contribution is 7.22. The molecular weight excluding hydrogens is 346 g/mol. The lowest BCUT2D eigenvalue weighted by atomic mass is 9.90. The number of aromatic amines is 2. The molecule has 6 nitrogen and oxygen atoms in total. The summed E-state index contributed by atoms with van der Waals surface area (Å²) in [6.07, 6.45) is 8.33. The number of hydrogen-bond acceptors (Lipinski definition) is 5. The maximum absolute atomic E-state index is 12.8. The number of aryl methyl sites for hydroxylation is 2. The van der Waals surface area contributed by atoms with Crippen LogP contribution in [0.15, 0.2) is 11.0 Å². The van der Waals surface area contributed by atoms with Gasteiger partial charge >= 0.3 is 0 Å². The maximum atomic E-state index is 12.8. The standard InChI is InChI=1S/C19H23N5OS/c1-2-10-6-7-20-14(8-10)18-22-15-11-4-3-5-13-12(9-21-24-13)16(11)26-17(15)19(25)23-18/h9-10,14,20H,2-8H2,1H3,(H,21,24)(H,22,23,25)/t10?,14-/m0/s1. The van der Waals surface area contributed by atoms with Crippen LogP contribution < -0.4 is 10.9 Å². The van der Waals surface area contributed by atoms with Gasteiger partial charge in [0.2, 0.25) is 0 Å². The van der Waals surface area contributed by atoms with Gasteiger partial charge in [-0.1, -0.05) is 13.3 Å². The Bertz CT molecular complexity index is 1020. The molecule has 2 aliphatic rings. The predicted molar refractivity (Wildman–Crippen MR) is 104 cm³/mol. The molecule has 4 heterocycles. The van der Waals surface area contributed by atoms with E-state index in [4.69, 9.17) is 4.98 Å². The molecule has 0 bridgehead atoms. The minimum atomic E-state index is -0.00598. The first-order valence-electron chi connectivity index (χ1n) is 9.56. The highest BCUT2D eigenvalue weighted by Gasteiger charge is 2.27. The fourth-order valence-corrected chi connectivity index (χ4v) is 5.60. The first kappa shape index (κ1) is 16.2. The summed E-state index contributed by atoms with van der Waals surface area (Å²) in [5.41, 5.74) is 4.43. The Balaban J connectivity index is 1.64. The number of nitrogens with zero attached hydrogens (tertiary/aromatic N) is 2. The Morgan fingerprint density at radius 3 is 3.15 bits per heavy atom. The predicted octanol–water partition coefficient (Wildman–Crippen LogP) is 3.31. The van der Waals surface area contributed by atoms with Gasteiger partial charge in [-0.3, -0.25) is 9.89 Å². The topological polar surface area (TPSA) is 86.5 Å². The van der Waals surface area contributed by atoms with Crippen molar-refractivity contribution < 1.29 is 0 Å². The van der Waals surface area contributed by atoms with Crippen LogP contribution in [0.4, 0.5) is 0 Å². The van der Waals surface area contributed by atoms with E-state index in [0.29, 0.717) is 5.92 Å². The molecule has 136 valence electrons. The molecule has 1 aliphatic heterocycles. The third kappa shape index (κ3) is 2.53. The van der Waals surface area contributed by atoms with E-state index in [0.717, 1.165) is 53.8 Å². The molecule has 1 fully saturated rings. The van der Waals surface area contributed by atoms with Crippen molar-refractivity contribution in [2.75, 3.05) is 6.54 Å². The van der Waals surface area contributed by atoms with Crippen LogP contribution in [0.2, 0.25) is 0 Å². The summed E-state index contributed by atoms with van der Waals surface area (Å²) in [4.78, 5) is 22.0. The molecule has 0 aromatic carbocycles. The first-order valence-corrected chi connectivity index (χ1v) is 10.4. The SMILES string of the molecule is CCC1CCN[C@H](c2nc3c4c(sc3c(=O)[nH]2)-c2cn[nH]c2CCC4)C1. The number of thiophene rings is 1. The molecule has 0 radical (unpaired) electrons. The molecule has 1 unspecified atom stereocenters. The quantitative estimate of drug-likeness (QED) is 0.647. The minimum Gasteiger partial charge on any atom is -0.308 e. The Kier molecular flexibility index (Phi) is 3.94. The van der Waals surface area contributed by atoms with Gasteiger partial charge in [-0.15, -0.1) is 11.3 Å². The molecular formula is C19H23N5OS. The molecule has 5 rings (SSSR count). The van der Waals surface area contributed by atoms with Crippen LogP contribution in [0.25, 0.3) is 20.7 Å². The van der Waals surface area contributed by atoms with Crippen molar-refractivity contribution in [3.05, 3.63) is 33.6 Å². The van der Waals surface area contributed by atoms with Gasteiger partial charge in [-0.05, 0) is 50.1 Å². The number of piperidine rings is 1. The minimum absolute atomic E-state index is 0.00598. The van der Waals surface area contributed by atoms with E-state index < -0.39 is 0 Å². The van der Waals surface area contributed by atoms with Crippen LogP contribution in [0.5, 0.6) is 0 Å². The van der Waals surface area contributed by atoms with E-state index >= 15 is 0 Å². The maximum Gasteiger partial charge on any atom is 0.268 e. The second kappa shape index (κ2) is 6.32. The summed E-state index contributed by atoms with van der Waals surface area (Å²) in [7, 11) is 0. The van der Waals surface area contributed by atoms with Crippen molar-refractivity contribution >= 4 is 21.6 Å². The molecule has 26 heavy (non-hydrogen) atoms. The van der Waals surface area contributed by atoms with Gasteiger partial charge < -0.3 is 10.3 Å². The number of H-pyrrole nitrogens is 2. The lowest BCUT2D eigenvalue weighted by Gasteiger charge is -2.29. The number of rotatable bonds is 2. The second-order valence-electron chi connectivity index (χ2n) is 7.46. The van der Waals surface area contributed by atoms with Crippen molar-refractivity contribution in [2.24, 2.45) is 5.92 Å². The van der Waals surface area contributed by atoms with Crippen molar-refractivity contribution in [1.29, 1.82) is 0 Å². The summed E-state index contributed by atoms with van der Waals surface area (Å²) in [5, 5.41) is 10.9. The van der Waals surface area contributed by atoms with Gasteiger partial charge in [0.15, 0.2) is 0 Å². The lowest BCUT2D eigenvalue weighted by molar-refractivity contribution is 0.291. The van der Waals surface area contributed by atoms with E-state index in [2.05, 4.69) is 27.4 Å². The Hall–Kier alpha value is -1.99. The third-order valence-corrected chi connectivity index (χ3v) is 7.15. The van der Waals surface area contributed by atoms with Crippen molar-refractivity contribution in [2.45, 2.75) is 51.5 Å². The van der Waals surface area contributed by atoms with Gasteiger partial charge in [0.1, 0.15) is 10.5 Å². The Morgan fingerprint density at radius 1 is 1.35 bits per heavy atom. The number of fused-ring (bicyclic) bond motifs is 5. The normalized spacial score (nSPS) is 22.8. The zero-order chi connectivity index (χ0) is 17.7. The Labute approximate surface area is 155 Å². The molecule has 7 heteroatoms. The summed E-state index contributed by atoms with van der Waals surface area (Å²) in [5.74, 6) is 1.51. The first-order chi connectivity index (χ1) is 12.7. The molecule has 3 aromatic heterocycles. The van der Waals surface area contributed by atoms with Crippen LogP contribution in [0.3, 0.4) is 0 Å². The molecule has 1 saturated heterocycles. The fraction of sp³-hybridized carbons (Fsp3) is 0.526. The smallest absolute Gasteiger partial charge is 0.268 e. The molecule has 3 aromatic rings. The zero-order valence-corrected chi connectivity index (χ0v) is 15.7. The second-order valence-corrected chi connectivity index (χ2v) is 8.48. The van der Waals surface area contributed by atoms with E-state index in [9.17, 15) is 4.79 Å². The van der Waals surface area contributed by atoms with Gasteiger partial charge in [-0.2, -0.15) is 5.10 Å². The summed E-state index contributed by atoms with van der Waals surface area (Å²) >= 11 is 1.56. The van der Waals surface area contributed by atoms with Crippen LogP contribution in [0.1, 0.15) is 55.7 Å². The van der Waals surface area contributed by atoms with E-state index in [1.54, 1.807) is 11.3 Å². The number of hydrogen-bond donors (Lipinski definition) is 3. The molecule has 3 N–H and O–H groups in total. The fourth-order valence-electron chi connectivity index (χ4n) is 4.38. The average molecular weight is 369 g/mol. The lowest BCUT2D eigenvalue weighted by Crippen LogP contribution is -2.33. The Morgan fingerprint density at radius 2 is 2.27 bits per heavy atom. The van der Waals surface area contributed by atoms with Gasteiger partial charge in [-0.25, -0.2) is 4.98 Å². The largest absolute Gasteiger partial charge is 0.308 e. The van der Waals surface area contributed by atoms with Crippen molar-refractivity contribution in [1.82, 2.24) is 25.5 Å². The van der Waals surface area contributed by atoms with Crippen LogP contribution in [-0.4, -0.2) is 26.7 Å². The van der Waals surface area contributed by atoms with Gasteiger partial charge in [0, 0.05) is 16.1 Å². The zero-order valence-electron chi connectivity index (χ0n) is 14.9. The number of nitrogens with one attached hydrogen (secondary N) is 3. The molecule has 0 spiro atoms. The molecule has 0 saturated carbocycles. The van der Waals surface area contributed by atoms with E-state index in [1.807, 2.05) is 6.20 Å².